The largest absolute Gasteiger partial charge is 0.383 e. The molecule has 0 spiro atoms. The van der Waals surface area contributed by atoms with Crippen LogP contribution in [0.2, 0.25) is 0 Å². The summed E-state index contributed by atoms with van der Waals surface area (Å²) in [6.07, 6.45) is 4.82. The number of hydrogen-bond donors (Lipinski definition) is 2. The summed E-state index contributed by atoms with van der Waals surface area (Å²) in [5.74, 6) is 0. The van der Waals surface area contributed by atoms with Gasteiger partial charge < -0.3 is 10.1 Å². The maximum atomic E-state index is 5.13. The fraction of sp³-hybridized carbons (Fsp3) is 0.700. The lowest BCUT2D eigenvalue weighted by Crippen LogP contribution is -2.34. The van der Waals surface area contributed by atoms with Gasteiger partial charge in [0.05, 0.1) is 12.8 Å². The van der Waals surface area contributed by atoms with E-state index in [0.29, 0.717) is 12.1 Å². The van der Waals surface area contributed by atoms with Crippen LogP contribution in [0.25, 0.3) is 0 Å². The van der Waals surface area contributed by atoms with Crippen LogP contribution in [0.3, 0.4) is 0 Å². The Bertz CT molecular complexity index is 236. The standard InChI is InChI=1S/C10H19N3O/c1-4-10(7-14-3)13-8(2)9-5-11-12-6-9/h5-6,8,10,13H,4,7H2,1-3H3,(H,11,12). The number of nitrogens with one attached hydrogen (secondary N) is 2. The van der Waals surface area contributed by atoms with Crippen molar-refractivity contribution in [3.63, 3.8) is 0 Å². The summed E-state index contributed by atoms with van der Waals surface area (Å²) in [5.41, 5.74) is 1.18. The van der Waals surface area contributed by atoms with Crippen LogP contribution in [-0.4, -0.2) is 30.0 Å². The van der Waals surface area contributed by atoms with Crippen LogP contribution in [0.1, 0.15) is 31.9 Å². The molecule has 0 amide bonds. The fourth-order valence-electron chi connectivity index (χ4n) is 1.43. The summed E-state index contributed by atoms with van der Waals surface area (Å²) in [5, 5.41) is 10.2. The predicted octanol–water partition coefficient (Wildman–Crippen LogP) is 1.49. The van der Waals surface area contributed by atoms with Gasteiger partial charge >= 0.3 is 0 Å². The molecule has 14 heavy (non-hydrogen) atoms. The lowest BCUT2D eigenvalue weighted by molar-refractivity contribution is 0.159. The molecule has 0 fully saturated rings. The van der Waals surface area contributed by atoms with E-state index in [-0.39, 0.29) is 0 Å². The first-order chi connectivity index (χ1) is 6.77. The highest BCUT2D eigenvalue weighted by molar-refractivity contribution is 5.08. The van der Waals surface area contributed by atoms with Crippen molar-refractivity contribution in [3.8, 4) is 0 Å². The molecule has 0 aromatic carbocycles. The van der Waals surface area contributed by atoms with Crippen molar-refractivity contribution in [3.05, 3.63) is 18.0 Å². The fourth-order valence-corrected chi connectivity index (χ4v) is 1.43. The minimum atomic E-state index is 0.314. The molecular formula is C10H19N3O. The number of methoxy groups -OCH3 is 1. The first kappa shape index (κ1) is 11.2. The number of hydrogen-bond acceptors (Lipinski definition) is 3. The average Bonchev–Trinajstić information content (AvgIpc) is 2.69. The Kier molecular flexibility index (Phi) is 4.62. The number of ether oxygens (including phenoxy) is 1. The molecule has 1 aromatic heterocycles. The summed E-state index contributed by atoms with van der Waals surface area (Å²) in [7, 11) is 1.73. The van der Waals surface area contributed by atoms with Gasteiger partial charge in [0, 0.05) is 31.0 Å². The third-order valence-electron chi connectivity index (χ3n) is 2.37. The van der Waals surface area contributed by atoms with E-state index in [1.54, 1.807) is 7.11 Å². The normalized spacial score (nSPS) is 15.4. The van der Waals surface area contributed by atoms with Crippen molar-refractivity contribution in [2.75, 3.05) is 13.7 Å². The molecule has 2 atom stereocenters. The monoisotopic (exact) mass is 197 g/mol. The summed E-state index contributed by atoms with van der Waals surface area (Å²) in [6, 6.07) is 0.721. The van der Waals surface area contributed by atoms with Gasteiger partial charge in [0.1, 0.15) is 0 Å². The first-order valence-electron chi connectivity index (χ1n) is 5.01. The van der Waals surface area contributed by atoms with Gasteiger partial charge in [-0.15, -0.1) is 0 Å². The Balaban J connectivity index is 2.42. The second kappa shape index (κ2) is 5.78. The molecule has 1 aromatic rings. The van der Waals surface area contributed by atoms with Gasteiger partial charge in [-0.2, -0.15) is 5.10 Å². The quantitative estimate of drug-likeness (QED) is 0.726. The molecule has 1 rings (SSSR count). The summed E-state index contributed by atoms with van der Waals surface area (Å²) < 4.78 is 5.13. The zero-order valence-corrected chi connectivity index (χ0v) is 9.08. The topological polar surface area (TPSA) is 49.9 Å². The lowest BCUT2D eigenvalue weighted by Gasteiger charge is -2.20. The van der Waals surface area contributed by atoms with Crippen LogP contribution in [0, 0.1) is 0 Å². The number of nitrogens with zero attached hydrogens (tertiary/aromatic N) is 1. The van der Waals surface area contributed by atoms with E-state index < -0.39 is 0 Å². The Morgan fingerprint density at radius 2 is 2.43 bits per heavy atom. The van der Waals surface area contributed by atoms with Gasteiger partial charge in [-0.05, 0) is 13.3 Å². The van der Waals surface area contributed by atoms with Crippen LogP contribution >= 0.6 is 0 Å². The van der Waals surface area contributed by atoms with E-state index in [2.05, 4.69) is 29.4 Å². The van der Waals surface area contributed by atoms with Crippen LogP contribution < -0.4 is 5.32 Å². The maximum Gasteiger partial charge on any atom is 0.0615 e. The van der Waals surface area contributed by atoms with Crippen LogP contribution in [0.15, 0.2) is 12.4 Å². The third-order valence-corrected chi connectivity index (χ3v) is 2.37. The zero-order valence-electron chi connectivity index (χ0n) is 9.08. The van der Waals surface area contributed by atoms with Gasteiger partial charge in [0.15, 0.2) is 0 Å². The molecule has 0 aliphatic carbocycles. The highest BCUT2D eigenvalue weighted by atomic mass is 16.5. The van der Waals surface area contributed by atoms with E-state index >= 15 is 0 Å². The predicted molar refractivity (Wildman–Crippen MR) is 56.1 cm³/mol. The van der Waals surface area contributed by atoms with Crippen LogP contribution in [0.5, 0.6) is 0 Å². The van der Waals surface area contributed by atoms with Crippen LogP contribution in [0.4, 0.5) is 0 Å². The molecule has 0 saturated heterocycles. The SMILES string of the molecule is CCC(COC)NC(C)c1cn[nH]c1. The Morgan fingerprint density at radius 3 is 2.93 bits per heavy atom. The Morgan fingerprint density at radius 1 is 1.64 bits per heavy atom. The maximum absolute atomic E-state index is 5.13. The molecule has 1 heterocycles. The first-order valence-corrected chi connectivity index (χ1v) is 5.01. The Labute approximate surface area is 85.0 Å². The average molecular weight is 197 g/mol. The highest BCUT2D eigenvalue weighted by Gasteiger charge is 2.11. The summed E-state index contributed by atoms with van der Waals surface area (Å²) in [4.78, 5) is 0. The number of aromatic amines is 1. The molecule has 0 aliphatic rings. The highest BCUT2D eigenvalue weighted by Crippen LogP contribution is 2.10. The molecule has 4 heteroatoms. The van der Waals surface area contributed by atoms with E-state index in [9.17, 15) is 0 Å². The van der Waals surface area contributed by atoms with Gasteiger partial charge in [-0.25, -0.2) is 0 Å². The number of rotatable bonds is 6. The number of aromatic nitrogens is 2. The molecule has 4 nitrogen and oxygen atoms in total. The van der Waals surface area contributed by atoms with E-state index in [1.165, 1.54) is 5.56 Å². The van der Waals surface area contributed by atoms with Crippen molar-refractivity contribution in [1.82, 2.24) is 15.5 Å². The van der Waals surface area contributed by atoms with Gasteiger partial charge in [-0.1, -0.05) is 6.92 Å². The molecule has 2 unspecified atom stereocenters. The molecule has 80 valence electrons. The summed E-state index contributed by atoms with van der Waals surface area (Å²) >= 11 is 0. The molecule has 0 radical (unpaired) electrons. The van der Waals surface area contributed by atoms with E-state index in [4.69, 9.17) is 4.74 Å². The second-order valence-corrected chi connectivity index (χ2v) is 3.48. The van der Waals surface area contributed by atoms with Gasteiger partial charge in [0.2, 0.25) is 0 Å². The molecule has 2 N–H and O–H groups in total. The summed E-state index contributed by atoms with van der Waals surface area (Å²) in [6.45, 7) is 5.03. The zero-order chi connectivity index (χ0) is 10.4. The van der Waals surface area contributed by atoms with E-state index in [1.807, 2.05) is 12.4 Å². The molecule has 0 aliphatic heterocycles. The van der Waals surface area contributed by atoms with Crippen molar-refractivity contribution in [1.29, 1.82) is 0 Å². The van der Waals surface area contributed by atoms with Gasteiger partial charge in [0.25, 0.3) is 0 Å². The second-order valence-electron chi connectivity index (χ2n) is 3.48. The lowest BCUT2D eigenvalue weighted by atomic mass is 10.1. The van der Waals surface area contributed by atoms with Crippen molar-refractivity contribution in [2.24, 2.45) is 0 Å². The molecule has 0 saturated carbocycles. The van der Waals surface area contributed by atoms with Crippen LogP contribution in [-0.2, 0) is 4.74 Å². The van der Waals surface area contributed by atoms with Crippen molar-refractivity contribution < 1.29 is 4.74 Å². The number of H-pyrrole nitrogens is 1. The smallest absolute Gasteiger partial charge is 0.0615 e. The van der Waals surface area contributed by atoms with Crippen molar-refractivity contribution >= 4 is 0 Å². The minimum absolute atomic E-state index is 0.314. The van der Waals surface area contributed by atoms with E-state index in [0.717, 1.165) is 13.0 Å². The molecular weight excluding hydrogens is 178 g/mol. The van der Waals surface area contributed by atoms with Crippen molar-refractivity contribution in [2.45, 2.75) is 32.4 Å². The third kappa shape index (κ3) is 3.12. The minimum Gasteiger partial charge on any atom is -0.383 e. The Hall–Kier alpha value is -0.870. The molecule has 0 bridgehead atoms. The van der Waals surface area contributed by atoms with Gasteiger partial charge in [-0.3, -0.25) is 5.10 Å².